The number of hydrogen-bond donors (Lipinski definition) is 0. The van der Waals surface area contributed by atoms with Crippen LogP contribution in [0.1, 0.15) is 35.5 Å². The first-order valence-electron chi connectivity index (χ1n) is 10.6. The Morgan fingerprint density at radius 1 is 1.06 bits per heavy atom. The molecule has 0 unspecified atom stereocenters. The highest BCUT2D eigenvalue weighted by Crippen LogP contribution is 2.27. The average molecular weight is 420 g/mol. The molecule has 1 amide bonds. The first kappa shape index (κ1) is 21.1. The highest BCUT2D eigenvalue weighted by atomic mass is 16.5. The van der Waals surface area contributed by atoms with Gasteiger partial charge in [-0.2, -0.15) is 5.10 Å². The van der Waals surface area contributed by atoms with Gasteiger partial charge in [0.05, 0.1) is 30.7 Å². The van der Waals surface area contributed by atoms with Crippen molar-refractivity contribution in [2.75, 3.05) is 20.2 Å². The van der Waals surface area contributed by atoms with E-state index in [0.29, 0.717) is 18.8 Å². The number of aromatic nitrogens is 2. The third-order valence-corrected chi connectivity index (χ3v) is 5.58. The predicted molar refractivity (Wildman–Crippen MR) is 121 cm³/mol. The van der Waals surface area contributed by atoms with Gasteiger partial charge in [-0.1, -0.05) is 29.8 Å². The lowest BCUT2D eigenvalue weighted by atomic mass is 10.1. The van der Waals surface area contributed by atoms with E-state index in [2.05, 4.69) is 13.0 Å². The van der Waals surface area contributed by atoms with Crippen molar-refractivity contribution < 1.29 is 14.3 Å². The van der Waals surface area contributed by atoms with Crippen LogP contribution >= 0.6 is 0 Å². The number of benzene rings is 2. The van der Waals surface area contributed by atoms with E-state index < -0.39 is 0 Å². The van der Waals surface area contributed by atoms with Crippen LogP contribution in [-0.4, -0.2) is 53.0 Å². The zero-order chi connectivity index (χ0) is 22.1. The van der Waals surface area contributed by atoms with Gasteiger partial charge in [0, 0.05) is 18.7 Å². The largest absolute Gasteiger partial charge is 0.497 e. The van der Waals surface area contributed by atoms with Crippen molar-refractivity contribution in [3.8, 4) is 22.7 Å². The summed E-state index contributed by atoms with van der Waals surface area (Å²) >= 11 is 0. The fourth-order valence-electron chi connectivity index (χ4n) is 4.19. The molecule has 31 heavy (non-hydrogen) atoms. The summed E-state index contributed by atoms with van der Waals surface area (Å²) < 4.78 is 13.0. The minimum atomic E-state index is -0.0383. The van der Waals surface area contributed by atoms with Gasteiger partial charge in [-0.05, 0) is 57.5 Å². The number of rotatable bonds is 4. The number of morpholine rings is 1. The van der Waals surface area contributed by atoms with Gasteiger partial charge in [0.15, 0.2) is 0 Å². The van der Waals surface area contributed by atoms with E-state index in [-0.39, 0.29) is 18.1 Å². The minimum absolute atomic E-state index is 0.00281. The molecule has 0 saturated carbocycles. The standard InChI is InChI=1S/C25H29N3O3/c1-16-9-10-23(17(2)11-16)28-24(25(29)27-14-18(3)31-19(4)15-27)13-22(26-28)20-7-6-8-21(12-20)30-5/h6-13,18-19H,14-15H2,1-5H3/t18-,19-/m1/s1. The van der Waals surface area contributed by atoms with E-state index in [4.69, 9.17) is 14.6 Å². The van der Waals surface area contributed by atoms with E-state index >= 15 is 0 Å². The van der Waals surface area contributed by atoms with E-state index in [1.54, 1.807) is 11.8 Å². The van der Waals surface area contributed by atoms with E-state index in [9.17, 15) is 4.79 Å². The van der Waals surface area contributed by atoms with Crippen LogP contribution in [0.15, 0.2) is 48.5 Å². The first-order chi connectivity index (χ1) is 14.9. The number of carbonyl (C=O) groups excluding carboxylic acids is 1. The fourth-order valence-corrected chi connectivity index (χ4v) is 4.19. The summed E-state index contributed by atoms with van der Waals surface area (Å²) in [6.07, 6.45) is 0.00562. The molecule has 0 radical (unpaired) electrons. The molecule has 162 valence electrons. The summed E-state index contributed by atoms with van der Waals surface area (Å²) in [6, 6.07) is 15.8. The van der Waals surface area contributed by atoms with Crippen LogP contribution in [0, 0.1) is 13.8 Å². The average Bonchev–Trinajstić information content (AvgIpc) is 3.17. The second-order valence-corrected chi connectivity index (χ2v) is 8.32. The van der Waals surface area contributed by atoms with E-state index in [1.807, 2.05) is 68.1 Å². The van der Waals surface area contributed by atoms with Gasteiger partial charge >= 0.3 is 0 Å². The lowest BCUT2D eigenvalue weighted by molar-refractivity contribution is -0.0588. The van der Waals surface area contributed by atoms with Gasteiger partial charge in [-0.15, -0.1) is 0 Å². The van der Waals surface area contributed by atoms with E-state index in [1.165, 1.54) is 5.56 Å². The van der Waals surface area contributed by atoms with Crippen molar-refractivity contribution in [1.82, 2.24) is 14.7 Å². The second-order valence-electron chi connectivity index (χ2n) is 8.32. The molecule has 1 aliphatic rings. The van der Waals surface area contributed by atoms with Crippen LogP contribution in [-0.2, 0) is 4.74 Å². The monoisotopic (exact) mass is 419 g/mol. The van der Waals surface area contributed by atoms with Crippen LogP contribution in [0.25, 0.3) is 16.9 Å². The molecule has 2 aromatic carbocycles. The Bertz CT molecular complexity index is 1100. The number of aryl methyl sites for hydroxylation is 2. The van der Waals surface area contributed by atoms with Crippen molar-refractivity contribution in [1.29, 1.82) is 0 Å². The fraction of sp³-hybridized carbons (Fsp3) is 0.360. The summed E-state index contributed by atoms with van der Waals surface area (Å²) in [4.78, 5) is 15.5. The maximum absolute atomic E-state index is 13.6. The number of amides is 1. The summed E-state index contributed by atoms with van der Waals surface area (Å²) in [5.41, 5.74) is 5.32. The molecule has 6 nitrogen and oxygen atoms in total. The van der Waals surface area contributed by atoms with Crippen molar-refractivity contribution in [2.45, 2.75) is 39.9 Å². The number of hydrogen-bond acceptors (Lipinski definition) is 4. The molecule has 0 aliphatic carbocycles. The van der Waals surface area contributed by atoms with Gasteiger partial charge in [0.2, 0.25) is 0 Å². The Hall–Kier alpha value is -3.12. The second kappa shape index (κ2) is 8.55. The summed E-state index contributed by atoms with van der Waals surface area (Å²) in [6.45, 7) is 9.23. The molecular formula is C25H29N3O3. The Labute approximate surface area is 183 Å². The zero-order valence-corrected chi connectivity index (χ0v) is 18.8. The first-order valence-corrected chi connectivity index (χ1v) is 10.6. The molecule has 0 spiro atoms. The summed E-state index contributed by atoms with van der Waals surface area (Å²) in [5, 5.41) is 4.85. The van der Waals surface area contributed by atoms with Gasteiger partial charge in [-0.3, -0.25) is 4.79 Å². The molecular weight excluding hydrogens is 390 g/mol. The van der Waals surface area contributed by atoms with Crippen molar-refractivity contribution in [2.24, 2.45) is 0 Å². The molecule has 3 aromatic rings. The van der Waals surface area contributed by atoms with Gasteiger partial charge in [0.25, 0.3) is 5.91 Å². The normalized spacial score (nSPS) is 18.8. The maximum Gasteiger partial charge on any atom is 0.272 e. The lowest BCUT2D eigenvalue weighted by Crippen LogP contribution is -2.48. The van der Waals surface area contributed by atoms with Crippen LogP contribution in [0.5, 0.6) is 5.75 Å². The number of nitrogens with zero attached hydrogens (tertiary/aromatic N) is 3. The third kappa shape index (κ3) is 4.35. The van der Waals surface area contributed by atoms with Crippen molar-refractivity contribution >= 4 is 5.91 Å². The molecule has 1 aliphatic heterocycles. The number of carbonyl (C=O) groups is 1. The smallest absolute Gasteiger partial charge is 0.272 e. The zero-order valence-electron chi connectivity index (χ0n) is 18.8. The van der Waals surface area contributed by atoms with Crippen LogP contribution < -0.4 is 4.74 Å². The highest BCUT2D eigenvalue weighted by molar-refractivity contribution is 5.94. The molecule has 0 N–H and O–H groups in total. The molecule has 1 aromatic heterocycles. The number of methoxy groups -OCH3 is 1. The van der Waals surface area contributed by atoms with Crippen LogP contribution in [0.4, 0.5) is 0 Å². The SMILES string of the molecule is COc1cccc(-c2cc(C(=O)N3C[C@@H](C)O[C@H](C)C3)n(-c3ccc(C)cc3C)n2)c1. The van der Waals surface area contributed by atoms with Gasteiger partial charge in [0.1, 0.15) is 11.4 Å². The molecule has 1 fully saturated rings. The van der Waals surface area contributed by atoms with Crippen molar-refractivity contribution in [3.63, 3.8) is 0 Å². The third-order valence-electron chi connectivity index (χ3n) is 5.58. The Balaban J connectivity index is 1.82. The maximum atomic E-state index is 13.6. The molecule has 4 rings (SSSR count). The predicted octanol–water partition coefficient (Wildman–Crippen LogP) is 4.41. The molecule has 2 heterocycles. The Morgan fingerprint density at radius 3 is 2.48 bits per heavy atom. The highest BCUT2D eigenvalue weighted by Gasteiger charge is 2.29. The molecule has 2 atom stereocenters. The van der Waals surface area contributed by atoms with Crippen LogP contribution in [0.2, 0.25) is 0 Å². The Kier molecular flexibility index (Phi) is 5.83. The quantitative estimate of drug-likeness (QED) is 0.628. The van der Waals surface area contributed by atoms with Crippen molar-refractivity contribution in [3.05, 3.63) is 65.4 Å². The van der Waals surface area contributed by atoms with Crippen LogP contribution in [0.3, 0.4) is 0 Å². The summed E-state index contributed by atoms with van der Waals surface area (Å²) in [5.74, 6) is 0.714. The summed E-state index contributed by atoms with van der Waals surface area (Å²) in [7, 11) is 1.64. The number of ether oxygens (including phenoxy) is 2. The van der Waals surface area contributed by atoms with Gasteiger partial charge < -0.3 is 14.4 Å². The van der Waals surface area contributed by atoms with E-state index in [0.717, 1.165) is 28.3 Å². The minimum Gasteiger partial charge on any atom is -0.497 e. The molecule has 6 heteroatoms. The molecule has 0 bridgehead atoms. The Morgan fingerprint density at radius 2 is 1.81 bits per heavy atom. The lowest BCUT2D eigenvalue weighted by Gasteiger charge is -2.35. The molecule has 1 saturated heterocycles. The van der Waals surface area contributed by atoms with Gasteiger partial charge in [-0.25, -0.2) is 4.68 Å². The topological polar surface area (TPSA) is 56.6 Å².